The average Bonchev–Trinajstić information content (AvgIpc) is 2.27. The number of fused-ring (bicyclic) bond motifs is 1. The van der Waals surface area contributed by atoms with Crippen molar-refractivity contribution in [2.75, 3.05) is 0 Å². The van der Waals surface area contributed by atoms with Gasteiger partial charge in [-0.15, -0.1) is 0 Å². The molecule has 0 radical (unpaired) electrons. The smallest absolute Gasteiger partial charge is 0.138 e. The Morgan fingerprint density at radius 1 is 1.24 bits per heavy atom. The molecule has 0 fully saturated rings. The van der Waals surface area contributed by atoms with Crippen LogP contribution in [0.1, 0.15) is 38.4 Å². The predicted octanol–water partition coefficient (Wildman–Crippen LogP) is 3.94. The van der Waals surface area contributed by atoms with Gasteiger partial charge in [0.25, 0.3) is 0 Å². The second-order valence-corrected chi connectivity index (χ2v) is 5.29. The zero-order valence-corrected chi connectivity index (χ0v) is 10.9. The summed E-state index contributed by atoms with van der Waals surface area (Å²) in [4.78, 5) is 4.61. The number of rotatable bonds is 2. The van der Waals surface area contributed by atoms with Gasteiger partial charge in [-0.25, -0.2) is 4.98 Å². The minimum atomic E-state index is -0.0941. The first-order chi connectivity index (χ1) is 7.94. The maximum absolute atomic E-state index is 10.1. The van der Waals surface area contributed by atoms with Crippen LogP contribution in [0.15, 0.2) is 24.3 Å². The molecular formula is C15H19NO. The molecule has 17 heavy (non-hydrogen) atoms. The summed E-state index contributed by atoms with van der Waals surface area (Å²) in [5.41, 5.74) is 2.82. The van der Waals surface area contributed by atoms with Crippen LogP contribution in [-0.4, -0.2) is 10.1 Å². The van der Waals surface area contributed by atoms with E-state index in [2.05, 4.69) is 31.8 Å². The Labute approximate surface area is 102 Å². The molecule has 1 aromatic heterocycles. The molecular weight excluding hydrogens is 210 g/mol. The van der Waals surface area contributed by atoms with Crippen LogP contribution in [0, 0.1) is 6.92 Å². The van der Waals surface area contributed by atoms with Crippen LogP contribution in [0.2, 0.25) is 0 Å². The molecule has 0 saturated carbocycles. The molecule has 1 aromatic carbocycles. The van der Waals surface area contributed by atoms with E-state index < -0.39 is 0 Å². The lowest BCUT2D eigenvalue weighted by Crippen LogP contribution is -2.17. The van der Waals surface area contributed by atoms with E-state index in [1.165, 1.54) is 5.56 Å². The first-order valence-electron chi connectivity index (χ1n) is 6.05. The van der Waals surface area contributed by atoms with Crippen LogP contribution in [-0.2, 0) is 5.41 Å². The second-order valence-electron chi connectivity index (χ2n) is 5.29. The van der Waals surface area contributed by atoms with Crippen LogP contribution >= 0.6 is 0 Å². The van der Waals surface area contributed by atoms with Gasteiger partial charge in [0.1, 0.15) is 5.75 Å². The van der Waals surface area contributed by atoms with E-state index in [1.54, 1.807) is 0 Å². The first-order valence-corrected chi connectivity index (χ1v) is 6.05. The van der Waals surface area contributed by atoms with Crippen LogP contribution in [0.25, 0.3) is 10.9 Å². The zero-order chi connectivity index (χ0) is 12.6. The van der Waals surface area contributed by atoms with E-state index in [1.807, 2.05) is 25.1 Å². The Morgan fingerprint density at radius 2 is 1.94 bits per heavy atom. The fourth-order valence-electron chi connectivity index (χ4n) is 1.95. The Balaban J connectivity index is 2.68. The fourth-order valence-corrected chi connectivity index (χ4v) is 1.95. The molecule has 0 bridgehead atoms. The van der Waals surface area contributed by atoms with Gasteiger partial charge in [0.2, 0.25) is 0 Å². The van der Waals surface area contributed by atoms with E-state index >= 15 is 0 Å². The number of pyridine rings is 1. The van der Waals surface area contributed by atoms with Gasteiger partial charge in [0.05, 0.1) is 11.2 Å². The highest BCUT2D eigenvalue weighted by molar-refractivity contribution is 5.81. The summed E-state index contributed by atoms with van der Waals surface area (Å²) in [6.07, 6.45) is 0.949. The van der Waals surface area contributed by atoms with Crippen molar-refractivity contribution in [3.05, 3.63) is 35.5 Å². The van der Waals surface area contributed by atoms with Crippen molar-refractivity contribution in [1.29, 1.82) is 0 Å². The second kappa shape index (κ2) is 4.02. The number of hydrogen-bond acceptors (Lipinski definition) is 2. The van der Waals surface area contributed by atoms with Crippen LogP contribution in [0.3, 0.4) is 0 Å². The molecule has 0 spiro atoms. The summed E-state index contributed by atoms with van der Waals surface area (Å²) in [6.45, 7) is 8.37. The van der Waals surface area contributed by atoms with Gasteiger partial charge in [-0.05, 0) is 31.5 Å². The topological polar surface area (TPSA) is 33.1 Å². The van der Waals surface area contributed by atoms with E-state index in [0.717, 1.165) is 23.0 Å². The normalized spacial score (nSPS) is 12.0. The molecule has 2 heteroatoms. The van der Waals surface area contributed by atoms with Crippen molar-refractivity contribution in [2.45, 2.75) is 39.5 Å². The van der Waals surface area contributed by atoms with Gasteiger partial charge in [-0.2, -0.15) is 0 Å². The zero-order valence-electron chi connectivity index (χ0n) is 10.9. The van der Waals surface area contributed by atoms with E-state index in [9.17, 15) is 5.11 Å². The van der Waals surface area contributed by atoms with Crippen molar-refractivity contribution < 1.29 is 5.11 Å². The molecule has 2 rings (SSSR count). The Bertz CT molecular complexity index is 558. The number of aromatic nitrogens is 1. The van der Waals surface area contributed by atoms with Crippen molar-refractivity contribution >= 4 is 10.9 Å². The summed E-state index contributed by atoms with van der Waals surface area (Å²) >= 11 is 0. The Hall–Kier alpha value is -1.57. The molecule has 0 unspecified atom stereocenters. The summed E-state index contributed by atoms with van der Waals surface area (Å²) in [5, 5.41) is 11.1. The van der Waals surface area contributed by atoms with Crippen molar-refractivity contribution in [3.63, 3.8) is 0 Å². The van der Waals surface area contributed by atoms with Gasteiger partial charge >= 0.3 is 0 Å². The number of hydrogen-bond donors (Lipinski definition) is 1. The number of aryl methyl sites for hydroxylation is 1. The maximum atomic E-state index is 10.1. The van der Waals surface area contributed by atoms with Crippen molar-refractivity contribution in [2.24, 2.45) is 0 Å². The van der Waals surface area contributed by atoms with Crippen LogP contribution in [0.5, 0.6) is 5.75 Å². The first kappa shape index (κ1) is 11.9. The van der Waals surface area contributed by atoms with Gasteiger partial charge < -0.3 is 5.11 Å². The molecule has 1 N–H and O–H groups in total. The molecule has 2 aromatic rings. The third kappa shape index (κ3) is 2.12. The molecule has 0 aliphatic heterocycles. The summed E-state index contributed by atoms with van der Waals surface area (Å²) < 4.78 is 0. The van der Waals surface area contributed by atoms with Gasteiger partial charge in [0.15, 0.2) is 0 Å². The lowest BCUT2D eigenvalue weighted by molar-refractivity contribution is 0.419. The van der Waals surface area contributed by atoms with Crippen LogP contribution in [0.4, 0.5) is 0 Å². The van der Waals surface area contributed by atoms with Gasteiger partial charge in [-0.3, -0.25) is 0 Å². The predicted molar refractivity (Wildman–Crippen MR) is 71.5 cm³/mol. The molecule has 0 aliphatic carbocycles. The minimum Gasteiger partial charge on any atom is -0.506 e. The quantitative estimate of drug-likeness (QED) is 0.846. The number of benzene rings is 1. The molecule has 2 nitrogen and oxygen atoms in total. The van der Waals surface area contributed by atoms with Crippen molar-refractivity contribution in [1.82, 2.24) is 4.98 Å². The monoisotopic (exact) mass is 229 g/mol. The lowest BCUT2D eigenvalue weighted by Gasteiger charge is -2.23. The largest absolute Gasteiger partial charge is 0.506 e. The summed E-state index contributed by atoms with van der Waals surface area (Å²) in [6, 6.07) is 7.93. The van der Waals surface area contributed by atoms with E-state index in [-0.39, 0.29) is 5.41 Å². The summed E-state index contributed by atoms with van der Waals surface area (Å²) in [5.74, 6) is 0.301. The molecule has 1 heterocycles. The molecule has 0 atom stereocenters. The third-order valence-electron chi connectivity index (χ3n) is 3.48. The highest BCUT2D eigenvalue weighted by Crippen LogP contribution is 2.34. The molecule has 0 amide bonds. The maximum Gasteiger partial charge on any atom is 0.138 e. The standard InChI is InChI=1S/C15H19NO/c1-5-15(3,4)14-13(17)9-11-8-10(2)6-7-12(11)16-14/h6-9,17H,5H2,1-4H3. The summed E-state index contributed by atoms with van der Waals surface area (Å²) in [7, 11) is 0. The van der Waals surface area contributed by atoms with Gasteiger partial charge in [0, 0.05) is 10.8 Å². The fraction of sp³-hybridized carbons (Fsp3) is 0.400. The lowest BCUT2D eigenvalue weighted by atomic mass is 9.85. The third-order valence-corrected chi connectivity index (χ3v) is 3.48. The Kier molecular flexibility index (Phi) is 2.82. The SMILES string of the molecule is CCC(C)(C)c1nc2ccc(C)cc2cc1O. The molecule has 0 saturated heterocycles. The van der Waals surface area contributed by atoms with Crippen molar-refractivity contribution in [3.8, 4) is 5.75 Å². The number of nitrogens with zero attached hydrogens (tertiary/aromatic N) is 1. The molecule has 0 aliphatic rings. The Morgan fingerprint density at radius 3 is 2.59 bits per heavy atom. The average molecular weight is 229 g/mol. The highest BCUT2D eigenvalue weighted by Gasteiger charge is 2.24. The van der Waals surface area contributed by atoms with Crippen LogP contribution < -0.4 is 0 Å². The van der Waals surface area contributed by atoms with E-state index in [4.69, 9.17) is 0 Å². The highest BCUT2D eigenvalue weighted by atomic mass is 16.3. The molecule has 90 valence electrons. The van der Waals surface area contributed by atoms with Gasteiger partial charge in [-0.1, -0.05) is 32.4 Å². The number of aromatic hydroxyl groups is 1. The van der Waals surface area contributed by atoms with E-state index in [0.29, 0.717) is 5.75 Å². The minimum absolute atomic E-state index is 0.0941.